The molecule has 1 aliphatic rings. The first kappa shape index (κ1) is 10.1. The van der Waals surface area contributed by atoms with Gasteiger partial charge in [0.2, 0.25) is 5.91 Å². The van der Waals surface area contributed by atoms with Gasteiger partial charge in [-0.3, -0.25) is 4.79 Å². The lowest BCUT2D eigenvalue weighted by Gasteiger charge is -2.10. The summed E-state index contributed by atoms with van der Waals surface area (Å²) in [6.45, 7) is 4.19. The van der Waals surface area contributed by atoms with Crippen LogP contribution in [0.15, 0.2) is 16.1 Å². The molecule has 0 unspecified atom stereocenters. The van der Waals surface area contributed by atoms with E-state index in [1.54, 1.807) is 6.20 Å². The van der Waals surface area contributed by atoms with Gasteiger partial charge in [-0.25, -0.2) is 4.99 Å². The molecule has 1 N–H and O–H groups in total. The minimum atomic E-state index is 0.0126. The lowest BCUT2D eigenvalue weighted by molar-refractivity contribution is -0.123. The van der Waals surface area contributed by atoms with Gasteiger partial charge in [0.15, 0.2) is 6.40 Å². The van der Waals surface area contributed by atoms with Crippen LogP contribution in [0.5, 0.6) is 0 Å². The summed E-state index contributed by atoms with van der Waals surface area (Å²) < 4.78 is 4.88. The van der Waals surface area contributed by atoms with E-state index in [1.165, 1.54) is 18.4 Å². The van der Waals surface area contributed by atoms with E-state index in [2.05, 4.69) is 10.3 Å². The van der Waals surface area contributed by atoms with Crippen molar-refractivity contribution in [1.29, 1.82) is 0 Å². The molecule has 0 aliphatic carbocycles. The van der Waals surface area contributed by atoms with E-state index in [4.69, 9.17) is 4.18 Å². The summed E-state index contributed by atoms with van der Waals surface area (Å²) in [5.41, 5.74) is 0. The van der Waals surface area contributed by atoms with Gasteiger partial charge in [-0.05, 0) is 0 Å². The predicted octanol–water partition coefficient (Wildman–Crippen LogP) is 1.31. The Morgan fingerprint density at radius 3 is 3.08 bits per heavy atom. The number of hydrogen-bond donors (Lipinski definition) is 1. The molecule has 0 bridgehead atoms. The van der Waals surface area contributed by atoms with Gasteiger partial charge in [-0.2, -0.15) is 0 Å². The molecule has 0 atom stereocenters. The second-order valence-corrected chi connectivity index (χ2v) is 3.79. The van der Waals surface area contributed by atoms with Crippen LogP contribution in [0.3, 0.4) is 0 Å². The van der Waals surface area contributed by atoms with E-state index in [0.717, 1.165) is 4.91 Å². The van der Waals surface area contributed by atoms with Crippen molar-refractivity contribution in [1.82, 2.24) is 5.32 Å². The van der Waals surface area contributed by atoms with Gasteiger partial charge in [0.25, 0.3) is 0 Å². The molecular weight excluding hydrogens is 188 g/mol. The van der Waals surface area contributed by atoms with Gasteiger partial charge < -0.3 is 9.50 Å². The van der Waals surface area contributed by atoms with Gasteiger partial charge in [-0.15, -0.1) is 0 Å². The van der Waals surface area contributed by atoms with E-state index in [0.29, 0.717) is 6.54 Å². The van der Waals surface area contributed by atoms with E-state index in [1.807, 2.05) is 13.8 Å². The van der Waals surface area contributed by atoms with Crippen LogP contribution in [0.2, 0.25) is 0 Å². The van der Waals surface area contributed by atoms with Crippen molar-refractivity contribution in [3.05, 3.63) is 11.1 Å². The van der Waals surface area contributed by atoms with E-state index >= 15 is 0 Å². The van der Waals surface area contributed by atoms with Gasteiger partial charge in [-0.1, -0.05) is 13.8 Å². The normalized spacial score (nSPS) is 15.2. The Hall–Kier alpha value is -0.970. The first-order valence-corrected chi connectivity index (χ1v) is 4.76. The molecule has 0 saturated heterocycles. The maximum atomic E-state index is 11.2. The van der Waals surface area contributed by atoms with Crippen LogP contribution in [-0.4, -0.2) is 18.9 Å². The van der Waals surface area contributed by atoms with Crippen LogP contribution < -0.4 is 5.32 Å². The number of hydrogen-bond acceptors (Lipinski definition) is 4. The first-order valence-electron chi connectivity index (χ1n) is 4.02. The third-order valence-electron chi connectivity index (χ3n) is 1.44. The van der Waals surface area contributed by atoms with Crippen molar-refractivity contribution >= 4 is 24.4 Å². The highest BCUT2D eigenvalue weighted by Gasteiger charge is 2.08. The van der Waals surface area contributed by atoms with Crippen molar-refractivity contribution in [3.8, 4) is 0 Å². The number of amides is 1. The predicted molar refractivity (Wildman–Crippen MR) is 53.1 cm³/mol. The summed E-state index contributed by atoms with van der Waals surface area (Å²) in [5, 5.41) is 2.77. The van der Waals surface area contributed by atoms with E-state index in [-0.39, 0.29) is 11.8 Å². The van der Waals surface area contributed by atoms with Crippen molar-refractivity contribution in [2.24, 2.45) is 10.9 Å². The molecule has 0 aromatic rings. The molecule has 0 aromatic carbocycles. The lowest BCUT2D eigenvalue weighted by Crippen LogP contribution is -2.29. The molecule has 0 radical (unpaired) electrons. The van der Waals surface area contributed by atoms with Crippen molar-refractivity contribution in [2.75, 3.05) is 6.54 Å². The average molecular weight is 200 g/mol. The maximum absolute atomic E-state index is 11.2. The zero-order valence-electron chi connectivity index (χ0n) is 7.61. The number of rotatable bonds is 3. The molecule has 1 amide bonds. The smallest absolute Gasteiger partial charge is 0.222 e. The largest absolute Gasteiger partial charge is 0.409 e. The molecule has 0 fully saturated rings. The zero-order chi connectivity index (χ0) is 9.68. The van der Waals surface area contributed by atoms with Crippen LogP contribution in [-0.2, 0) is 8.98 Å². The molecule has 0 aromatic heterocycles. The Kier molecular flexibility index (Phi) is 3.82. The number of nitrogens with one attached hydrogen (secondary N) is 1. The van der Waals surface area contributed by atoms with Crippen molar-refractivity contribution < 1.29 is 8.98 Å². The third kappa shape index (κ3) is 3.50. The fourth-order valence-electron chi connectivity index (χ4n) is 0.697. The Labute approximate surface area is 81.7 Å². The standard InChI is InChI=1S/C8H12N2O2S/c1-6(2)8(11)10-4-7-3-9-5-12-13-7/h3,5-6H,4H2,1-2H3,(H,10,11). The minimum absolute atomic E-state index is 0.0126. The topological polar surface area (TPSA) is 50.7 Å². The van der Waals surface area contributed by atoms with Gasteiger partial charge in [0.05, 0.1) is 23.5 Å². The van der Waals surface area contributed by atoms with Crippen molar-refractivity contribution in [2.45, 2.75) is 13.8 Å². The van der Waals surface area contributed by atoms with Crippen LogP contribution in [0.1, 0.15) is 13.8 Å². The summed E-state index contributed by atoms with van der Waals surface area (Å²) in [5.74, 6) is 0.0506. The monoisotopic (exact) mass is 200 g/mol. The molecule has 4 nitrogen and oxygen atoms in total. The molecule has 1 heterocycles. The highest BCUT2D eigenvalue weighted by Crippen LogP contribution is 2.17. The van der Waals surface area contributed by atoms with Crippen LogP contribution in [0.4, 0.5) is 0 Å². The van der Waals surface area contributed by atoms with E-state index in [9.17, 15) is 4.79 Å². The number of aliphatic imine (C=N–C) groups is 1. The molecule has 0 spiro atoms. The second kappa shape index (κ2) is 4.91. The summed E-state index contributed by atoms with van der Waals surface area (Å²) in [6.07, 6.45) is 3.03. The average Bonchev–Trinajstić information content (AvgIpc) is 2.15. The Bertz CT molecular complexity index is 249. The number of nitrogens with zero attached hydrogens (tertiary/aromatic N) is 1. The van der Waals surface area contributed by atoms with Crippen LogP contribution >= 0.6 is 12.0 Å². The molecule has 1 rings (SSSR count). The van der Waals surface area contributed by atoms with E-state index < -0.39 is 0 Å². The Balaban J connectivity index is 2.30. The molecular formula is C8H12N2O2S. The molecule has 72 valence electrons. The van der Waals surface area contributed by atoms with Crippen molar-refractivity contribution in [3.63, 3.8) is 0 Å². The SMILES string of the molecule is CC(C)C(=O)NCC1=CN=COS1. The Morgan fingerprint density at radius 2 is 2.54 bits per heavy atom. The fourth-order valence-corrected chi connectivity index (χ4v) is 1.15. The quantitative estimate of drug-likeness (QED) is 0.699. The summed E-state index contributed by atoms with van der Waals surface area (Å²) in [6, 6.07) is 0. The van der Waals surface area contributed by atoms with Gasteiger partial charge in [0, 0.05) is 12.1 Å². The number of carbonyl (C=O) groups excluding carboxylic acids is 1. The molecule has 0 saturated carbocycles. The molecule has 5 heteroatoms. The second-order valence-electron chi connectivity index (χ2n) is 2.90. The minimum Gasteiger partial charge on any atom is -0.409 e. The lowest BCUT2D eigenvalue weighted by atomic mass is 10.2. The Morgan fingerprint density at radius 1 is 1.77 bits per heavy atom. The highest BCUT2D eigenvalue weighted by molar-refractivity contribution is 7.99. The summed E-state index contributed by atoms with van der Waals surface area (Å²) in [4.78, 5) is 15.9. The fraction of sp³-hybridized carbons (Fsp3) is 0.500. The van der Waals surface area contributed by atoms with Crippen LogP contribution in [0, 0.1) is 5.92 Å². The van der Waals surface area contributed by atoms with Gasteiger partial charge in [0.1, 0.15) is 0 Å². The zero-order valence-corrected chi connectivity index (χ0v) is 8.43. The summed E-state index contributed by atoms with van der Waals surface area (Å²) in [7, 11) is 0. The summed E-state index contributed by atoms with van der Waals surface area (Å²) >= 11 is 1.21. The first-order chi connectivity index (χ1) is 6.20. The highest BCUT2D eigenvalue weighted by atomic mass is 32.2. The van der Waals surface area contributed by atoms with Gasteiger partial charge >= 0.3 is 0 Å². The molecule has 13 heavy (non-hydrogen) atoms. The molecule has 1 aliphatic heterocycles. The third-order valence-corrected chi connectivity index (χ3v) is 2.08. The number of carbonyl (C=O) groups is 1. The van der Waals surface area contributed by atoms with Crippen LogP contribution in [0.25, 0.3) is 0 Å². The maximum Gasteiger partial charge on any atom is 0.222 e.